The maximum Gasteiger partial charge on any atom is 0.167 e. The molecule has 0 saturated heterocycles. The van der Waals surface area contributed by atoms with Gasteiger partial charge in [-0.3, -0.25) is 9.78 Å². The van der Waals surface area contributed by atoms with Crippen LogP contribution in [0.3, 0.4) is 0 Å². The minimum Gasteiger partial charge on any atom is -0.512 e. The molecule has 1 heterocycles. The molecule has 4 rings (SSSR count). The van der Waals surface area contributed by atoms with Crippen molar-refractivity contribution in [2.75, 3.05) is 0 Å². The molecule has 0 bridgehead atoms. The molecule has 2 aliphatic carbocycles. The number of nitrogens with zero attached hydrogens (tertiary/aromatic N) is 2. The van der Waals surface area contributed by atoms with Crippen LogP contribution in [0, 0.1) is 6.92 Å². The van der Waals surface area contributed by atoms with E-state index in [1.807, 2.05) is 6.92 Å². The standard InChI is InChI=1S/C26H28N2O3/c1-15-12-18-19(26(4,5)11-10-25(18,2)3)13-17(15)24(28-31)20-7-6-16(14-27-20)23-21(29)8-9-22(23)30/h6-7,10-14,29,31H,8-9H2,1-5H3/b28-24-. The van der Waals surface area contributed by atoms with Crippen molar-refractivity contribution in [2.24, 2.45) is 5.16 Å². The molecule has 5 heteroatoms. The first-order valence-corrected chi connectivity index (χ1v) is 10.6. The highest BCUT2D eigenvalue weighted by Crippen LogP contribution is 2.42. The van der Waals surface area contributed by atoms with Crippen LogP contribution in [0.2, 0.25) is 0 Å². The van der Waals surface area contributed by atoms with E-state index in [-0.39, 0.29) is 22.4 Å². The molecule has 1 aromatic heterocycles. The second-order valence-corrected chi connectivity index (χ2v) is 9.62. The Morgan fingerprint density at radius 2 is 1.68 bits per heavy atom. The van der Waals surface area contributed by atoms with Crippen LogP contribution in [-0.4, -0.2) is 26.8 Å². The average Bonchev–Trinajstić information content (AvgIpc) is 3.06. The molecule has 0 amide bonds. The van der Waals surface area contributed by atoms with E-state index in [9.17, 15) is 15.1 Å². The number of rotatable bonds is 3. The number of hydrogen-bond donors (Lipinski definition) is 2. The third kappa shape index (κ3) is 3.48. The Balaban J connectivity index is 1.78. The first-order valence-electron chi connectivity index (χ1n) is 10.6. The molecule has 2 N–H and O–H groups in total. The van der Waals surface area contributed by atoms with Crippen LogP contribution >= 0.6 is 0 Å². The van der Waals surface area contributed by atoms with Gasteiger partial charge in [-0.2, -0.15) is 0 Å². The average molecular weight is 417 g/mol. The number of aromatic nitrogens is 1. The van der Waals surface area contributed by atoms with Crippen molar-refractivity contribution in [1.29, 1.82) is 0 Å². The number of oxime groups is 1. The molecular formula is C26H28N2O3. The van der Waals surface area contributed by atoms with Gasteiger partial charge < -0.3 is 10.3 Å². The summed E-state index contributed by atoms with van der Waals surface area (Å²) in [4.78, 5) is 16.5. The molecule has 2 aliphatic rings. The van der Waals surface area contributed by atoms with Gasteiger partial charge >= 0.3 is 0 Å². The third-order valence-electron chi connectivity index (χ3n) is 6.48. The number of aryl methyl sites for hydroxylation is 1. The van der Waals surface area contributed by atoms with Crippen LogP contribution in [-0.2, 0) is 15.6 Å². The van der Waals surface area contributed by atoms with E-state index < -0.39 is 0 Å². The van der Waals surface area contributed by atoms with Gasteiger partial charge in [0.05, 0.1) is 11.3 Å². The summed E-state index contributed by atoms with van der Waals surface area (Å²) in [6, 6.07) is 7.75. The van der Waals surface area contributed by atoms with E-state index in [0.717, 1.165) is 11.1 Å². The SMILES string of the molecule is Cc1cc2c(cc1/C(=N/O)c1ccc(C3=C(O)CCC3=O)cn1)C(C)(C)C=CC2(C)C. The second kappa shape index (κ2) is 7.19. The number of benzene rings is 1. The van der Waals surface area contributed by atoms with Crippen LogP contribution < -0.4 is 0 Å². The Morgan fingerprint density at radius 1 is 1.03 bits per heavy atom. The smallest absolute Gasteiger partial charge is 0.167 e. The van der Waals surface area contributed by atoms with Crippen molar-refractivity contribution < 1.29 is 15.1 Å². The molecule has 0 fully saturated rings. The van der Waals surface area contributed by atoms with Crippen molar-refractivity contribution in [1.82, 2.24) is 4.98 Å². The molecule has 5 nitrogen and oxygen atoms in total. The molecule has 0 unspecified atom stereocenters. The maximum atomic E-state index is 12.1. The lowest BCUT2D eigenvalue weighted by molar-refractivity contribution is -0.113. The molecule has 1 aromatic carbocycles. The molecule has 31 heavy (non-hydrogen) atoms. The molecular weight excluding hydrogens is 388 g/mol. The van der Waals surface area contributed by atoms with Gasteiger partial charge in [0.25, 0.3) is 0 Å². The number of carbonyl (C=O) groups excluding carboxylic acids is 1. The van der Waals surface area contributed by atoms with Crippen LogP contribution in [0.4, 0.5) is 0 Å². The number of aliphatic hydroxyl groups excluding tert-OH is 1. The predicted molar refractivity (Wildman–Crippen MR) is 122 cm³/mol. The first kappa shape index (κ1) is 21.0. The zero-order chi connectivity index (χ0) is 22.6. The molecule has 0 saturated carbocycles. The highest BCUT2D eigenvalue weighted by Gasteiger charge is 2.34. The zero-order valence-electron chi connectivity index (χ0n) is 18.7. The van der Waals surface area contributed by atoms with Crippen molar-refractivity contribution in [3.05, 3.63) is 81.9 Å². The van der Waals surface area contributed by atoms with Crippen LogP contribution in [0.1, 0.15) is 74.0 Å². The number of hydrogen-bond acceptors (Lipinski definition) is 5. The molecule has 0 spiro atoms. The Hall–Kier alpha value is -3.21. The number of pyridine rings is 1. The van der Waals surface area contributed by atoms with E-state index in [4.69, 9.17) is 0 Å². The molecule has 0 radical (unpaired) electrons. The molecule has 0 aliphatic heterocycles. The van der Waals surface area contributed by atoms with Gasteiger partial charge in [0.1, 0.15) is 11.5 Å². The summed E-state index contributed by atoms with van der Waals surface area (Å²) < 4.78 is 0. The summed E-state index contributed by atoms with van der Waals surface area (Å²) in [6.07, 6.45) is 6.73. The molecule has 160 valence electrons. The van der Waals surface area contributed by atoms with Gasteiger partial charge in [-0.05, 0) is 35.7 Å². The van der Waals surface area contributed by atoms with Gasteiger partial charge in [0.2, 0.25) is 0 Å². The third-order valence-corrected chi connectivity index (χ3v) is 6.48. The highest BCUT2D eigenvalue weighted by molar-refractivity contribution is 6.23. The number of fused-ring (bicyclic) bond motifs is 1. The number of ketones is 1. The monoisotopic (exact) mass is 416 g/mol. The summed E-state index contributed by atoms with van der Waals surface area (Å²) in [6.45, 7) is 10.8. The normalized spacial score (nSPS) is 19.6. The number of aliphatic hydroxyl groups is 1. The quantitative estimate of drug-likeness (QED) is 0.305. The molecule has 2 aromatic rings. The van der Waals surface area contributed by atoms with Crippen LogP contribution in [0.25, 0.3) is 5.57 Å². The highest BCUT2D eigenvalue weighted by atomic mass is 16.4. The van der Waals surface area contributed by atoms with Crippen LogP contribution in [0.5, 0.6) is 0 Å². The Bertz CT molecular complexity index is 1170. The van der Waals surface area contributed by atoms with Gasteiger partial charge in [-0.25, -0.2) is 0 Å². The van der Waals surface area contributed by atoms with Crippen molar-refractivity contribution in [3.63, 3.8) is 0 Å². The van der Waals surface area contributed by atoms with Crippen LogP contribution in [0.15, 0.2) is 53.5 Å². The van der Waals surface area contributed by atoms with E-state index >= 15 is 0 Å². The zero-order valence-corrected chi connectivity index (χ0v) is 18.7. The number of Topliss-reactive ketones (excluding diaryl/α,β-unsaturated/α-hetero) is 1. The number of allylic oxidation sites excluding steroid dienone is 4. The summed E-state index contributed by atoms with van der Waals surface area (Å²) in [5, 5.41) is 23.5. The lowest BCUT2D eigenvalue weighted by atomic mass is 9.67. The predicted octanol–water partition coefficient (Wildman–Crippen LogP) is 5.37. The van der Waals surface area contributed by atoms with Crippen molar-refractivity contribution in [3.8, 4) is 0 Å². The summed E-state index contributed by atoms with van der Waals surface area (Å²) in [5.41, 5.74) is 5.87. The van der Waals surface area contributed by atoms with Gasteiger partial charge in [0.15, 0.2) is 5.78 Å². The van der Waals surface area contributed by atoms with Gasteiger partial charge in [-0.1, -0.05) is 57.1 Å². The Kier molecular flexibility index (Phi) is 4.88. The van der Waals surface area contributed by atoms with E-state index in [0.29, 0.717) is 35.4 Å². The van der Waals surface area contributed by atoms with E-state index in [2.05, 4.69) is 62.1 Å². The second-order valence-electron chi connectivity index (χ2n) is 9.62. The first-order chi connectivity index (χ1) is 14.5. The Labute approximate surface area is 182 Å². The fourth-order valence-electron chi connectivity index (χ4n) is 4.52. The lowest BCUT2D eigenvalue weighted by Gasteiger charge is -2.37. The lowest BCUT2D eigenvalue weighted by Crippen LogP contribution is -2.30. The minimum atomic E-state index is -0.141. The summed E-state index contributed by atoms with van der Waals surface area (Å²) in [7, 11) is 0. The summed E-state index contributed by atoms with van der Waals surface area (Å²) in [5.74, 6) is 0.0329. The number of carbonyl (C=O) groups is 1. The topological polar surface area (TPSA) is 82.8 Å². The fraction of sp³-hybridized carbons (Fsp3) is 0.346. The van der Waals surface area contributed by atoms with E-state index in [1.165, 1.54) is 11.1 Å². The van der Waals surface area contributed by atoms with Gasteiger partial charge in [0, 0.05) is 41.0 Å². The van der Waals surface area contributed by atoms with E-state index in [1.54, 1.807) is 18.3 Å². The van der Waals surface area contributed by atoms with Crippen molar-refractivity contribution in [2.45, 2.75) is 58.3 Å². The largest absolute Gasteiger partial charge is 0.512 e. The van der Waals surface area contributed by atoms with Gasteiger partial charge in [-0.15, -0.1) is 0 Å². The minimum absolute atomic E-state index is 0.0753. The molecule has 0 atom stereocenters. The Morgan fingerprint density at radius 3 is 2.19 bits per heavy atom. The summed E-state index contributed by atoms with van der Waals surface area (Å²) >= 11 is 0. The maximum absolute atomic E-state index is 12.1. The fourth-order valence-corrected chi connectivity index (χ4v) is 4.52. The van der Waals surface area contributed by atoms with Crippen molar-refractivity contribution >= 4 is 17.1 Å².